The van der Waals surface area contributed by atoms with Crippen LogP contribution in [-0.4, -0.2) is 43.7 Å². The van der Waals surface area contributed by atoms with Gasteiger partial charge in [0.2, 0.25) is 0 Å². The number of para-hydroxylation sites is 2. The van der Waals surface area contributed by atoms with Crippen molar-refractivity contribution in [1.29, 1.82) is 0 Å². The lowest BCUT2D eigenvalue weighted by atomic mass is 9.95. The summed E-state index contributed by atoms with van der Waals surface area (Å²) in [5.41, 5.74) is 13.0. The van der Waals surface area contributed by atoms with E-state index in [9.17, 15) is 0 Å². The molecule has 0 aliphatic carbocycles. The maximum Gasteiger partial charge on any atom is 0.0790 e. The van der Waals surface area contributed by atoms with Gasteiger partial charge in [0, 0.05) is 22.3 Å². The van der Waals surface area contributed by atoms with Crippen molar-refractivity contribution in [2.45, 2.75) is 92.4 Å². The van der Waals surface area contributed by atoms with Crippen LogP contribution in [0.1, 0.15) is 13.8 Å². The fraction of sp³-hybridized carbons (Fsp3) is 0.269. The summed E-state index contributed by atoms with van der Waals surface area (Å²) >= 11 is 0. The SMILES string of the molecule is CC(=Nc1c(-c2ccc([Si](C)(C)C)cc2)cccc1-c1ccc([Si](C)(C)C)cc1)C(C)=Nc1c(-c2ccc([Si](C)(C)C)cc2)cccc1-c1ccc([Si](C)(C)C)cc1. The summed E-state index contributed by atoms with van der Waals surface area (Å²) in [5, 5.41) is 5.83. The first-order valence-electron chi connectivity index (χ1n) is 20.9. The van der Waals surface area contributed by atoms with Crippen LogP contribution in [-0.2, 0) is 0 Å². The second-order valence-electron chi connectivity index (χ2n) is 20.1. The molecule has 0 radical (unpaired) electrons. The van der Waals surface area contributed by atoms with Crippen molar-refractivity contribution in [2.75, 3.05) is 0 Å². The quantitative estimate of drug-likeness (QED) is 0.0918. The van der Waals surface area contributed by atoms with E-state index in [-0.39, 0.29) is 0 Å². The van der Waals surface area contributed by atoms with Crippen LogP contribution in [0, 0.1) is 0 Å². The molecule has 2 nitrogen and oxygen atoms in total. The van der Waals surface area contributed by atoms with E-state index in [0.717, 1.165) is 45.1 Å². The van der Waals surface area contributed by atoms with Crippen molar-refractivity contribution < 1.29 is 0 Å². The highest BCUT2D eigenvalue weighted by atomic mass is 28.3. The second kappa shape index (κ2) is 16.6. The number of nitrogens with zero attached hydrogens (tertiary/aromatic N) is 2. The van der Waals surface area contributed by atoms with Crippen LogP contribution in [0.4, 0.5) is 11.4 Å². The minimum absolute atomic E-state index is 0.898. The zero-order chi connectivity index (χ0) is 42.2. The number of rotatable bonds is 11. The van der Waals surface area contributed by atoms with Crippen LogP contribution in [0.5, 0.6) is 0 Å². The molecule has 0 atom stereocenters. The Hall–Kier alpha value is -4.47. The monoisotopic (exact) mass is 828 g/mol. The van der Waals surface area contributed by atoms with Gasteiger partial charge in [0.05, 0.1) is 55.1 Å². The minimum Gasteiger partial charge on any atom is -0.251 e. The third-order valence-corrected chi connectivity index (χ3v) is 19.7. The maximum atomic E-state index is 5.54. The zero-order valence-electron chi connectivity index (χ0n) is 37.6. The Labute approximate surface area is 354 Å². The zero-order valence-corrected chi connectivity index (χ0v) is 41.6. The minimum atomic E-state index is -1.45. The third-order valence-electron chi connectivity index (χ3n) is 11.4. The van der Waals surface area contributed by atoms with Gasteiger partial charge in [-0.2, -0.15) is 0 Å². The van der Waals surface area contributed by atoms with Gasteiger partial charge in [-0.1, -0.05) is 233 Å². The molecule has 0 spiro atoms. The smallest absolute Gasteiger partial charge is 0.0790 e. The molecule has 298 valence electrons. The number of benzene rings is 6. The van der Waals surface area contributed by atoms with Gasteiger partial charge in [-0.25, -0.2) is 0 Å². The van der Waals surface area contributed by atoms with E-state index >= 15 is 0 Å². The van der Waals surface area contributed by atoms with Gasteiger partial charge in [-0.05, 0) is 36.1 Å². The Kier molecular flexibility index (Phi) is 12.4. The summed E-state index contributed by atoms with van der Waals surface area (Å²) < 4.78 is 0. The molecule has 6 aromatic carbocycles. The lowest BCUT2D eigenvalue weighted by molar-refractivity contribution is 1.46. The van der Waals surface area contributed by atoms with E-state index in [0.29, 0.717) is 0 Å². The third kappa shape index (κ3) is 9.86. The second-order valence-corrected chi connectivity index (χ2v) is 40.4. The molecule has 0 aromatic heterocycles. The first-order valence-corrected chi connectivity index (χ1v) is 34.9. The van der Waals surface area contributed by atoms with Crippen molar-refractivity contribution in [1.82, 2.24) is 0 Å². The number of aliphatic imine (C=N–C) groups is 2. The molecule has 0 fully saturated rings. The molecule has 0 saturated carbocycles. The highest BCUT2D eigenvalue weighted by molar-refractivity contribution is 6.90. The Morgan fingerprint density at radius 3 is 0.655 bits per heavy atom. The van der Waals surface area contributed by atoms with Crippen LogP contribution >= 0.6 is 0 Å². The maximum absolute atomic E-state index is 5.54. The molecular formula is C52H64N2Si4. The van der Waals surface area contributed by atoms with E-state index in [1.807, 2.05) is 0 Å². The van der Waals surface area contributed by atoms with Crippen molar-refractivity contribution in [3.63, 3.8) is 0 Å². The molecule has 0 amide bonds. The molecule has 0 bridgehead atoms. The fourth-order valence-electron chi connectivity index (χ4n) is 7.36. The van der Waals surface area contributed by atoms with Crippen LogP contribution in [0.25, 0.3) is 44.5 Å². The summed E-state index contributed by atoms with van der Waals surface area (Å²) in [6, 6.07) is 50.2. The van der Waals surface area contributed by atoms with Gasteiger partial charge in [-0.15, -0.1) is 0 Å². The Balaban J connectivity index is 1.53. The average molecular weight is 829 g/mol. The van der Waals surface area contributed by atoms with Crippen molar-refractivity contribution in [3.05, 3.63) is 133 Å². The Morgan fingerprint density at radius 1 is 0.293 bits per heavy atom. The Bertz CT molecular complexity index is 2120. The molecule has 0 N–H and O–H groups in total. The Morgan fingerprint density at radius 2 is 0.483 bits per heavy atom. The van der Waals surface area contributed by atoms with E-state index in [4.69, 9.17) is 9.98 Å². The van der Waals surface area contributed by atoms with Gasteiger partial charge >= 0.3 is 0 Å². The largest absolute Gasteiger partial charge is 0.251 e. The molecule has 58 heavy (non-hydrogen) atoms. The van der Waals surface area contributed by atoms with Crippen molar-refractivity contribution in [2.24, 2.45) is 9.98 Å². The van der Waals surface area contributed by atoms with E-state index < -0.39 is 32.3 Å². The van der Waals surface area contributed by atoms with Gasteiger partial charge in [0.25, 0.3) is 0 Å². The fourth-order valence-corrected chi connectivity index (χ4v) is 12.0. The van der Waals surface area contributed by atoms with Gasteiger partial charge in [-0.3, -0.25) is 9.98 Å². The standard InChI is InChI=1S/C52H64N2Si4/c1-37(53-51-47(39-21-29-43(30-22-39)55(3,4)5)17-15-18-48(51)40-23-31-44(32-24-40)56(6,7)8)38(2)54-52-49(41-25-33-45(34-26-41)57(9,10)11)19-16-20-50(52)42-27-35-46(36-28-42)58(12,13)14/h15-36H,1-14H3. The van der Waals surface area contributed by atoms with Crippen LogP contribution in [0.15, 0.2) is 143 Å². The molecule has 6 rings (SSSR count). The average Bonchev–Trinajstić information content (AvgIpc) is 3.17. The predicted molar refractivity (Wildman–Crippen MR) is 272 cm³/mol. The molecule has 0 saturated heterocycles. The highest BCUT2D eigenvalue weighted by Gasteiger charge is 2.22. The molecule has 0 unspecified atom stereocenters. The first-order chi connectivity index (χ1) is 27.1. The lowest BCUT2D eigenvalue weighted by Crippen LogP contribution is -2.37. The number of hydrogen-bond acceptors (Lipinski definition) is 2. The van der Waals surface area contributed by atoms with Crippen LogP contribution < -0.4 is 20.7 Å². The van der Waals surface area contributed by atoms with Crippen LogP contribution in [0.2, 0.25) is 78.6 Å². The summed E-state index contributed by atoms with van der Waals surface area (Å²) in [5.74, 6) is 0. The summed E-state index contributed by atoms with van der Waals surface area (Å²) in [4.78, 5) is 11.1. The van der Waals surface area contributed by atoms with Gasteiger partial charge < -0.3 is 0 Å². The van der Waals surface area contributed by atoms with Gasteiger partial charge in [0.1, 0.15) is 0 Å². The lowest BCUT2D eigenvalue weighted by Gasteiger charge is -2.19. The molecule has 0 heterocycles. The summed E-state index contributed by atoms with van der Waals surface area (Å²) in [7, 11) is -5.81. The van der Waals surface area contributed by atoms with E-state index in [1.54, 1.807) is 0 Å². The summed E-state index contributed by atoms with van der Waals surface area (Å²) in [6.07, 6.45) is 0. The van der Waals surface area contributed by atoms with E-state index in [1.165, 1.54) is 43.0 Å². The van der Waals surface area contributed by atoms with Gasteiger partial charge in [0.15, 0.2) is 0 Å². The predicted octanol–water partition coefficient (Wildman–Crippen LogP) is 13.4. The van der Waals surface area contributed by atoms with Crippen molar-refractivity contribution in [3.8, 4) is 44.5 Å². The normalized spacial score (nSPS) is 13.2. The molecular weight excluding hydrogens is 765 g/mol. The molecule has 6 aromatic rings. The molecule has 6 heteroatoms. The highest BCUT2D eigenvalue weighted by Crippen LogP contribution is 2.41. The first kappa shape index (κ1) is 43.1. The van der Waals surface area contributed by atoms with Crippen LogP contribution in [0.3, 0.4) is 0 Å². The molecule has 0 aliphatic rings. The summed E-state index contributed by atoms with van der Waals surface area (Å²) in [6.45, 7) is 33.1. The van der Waals surface area contributed by atoms with Crippen molar-refractivity contribution >= 4 is 75.8 Å². The molecule has 0 aliphatic heterocycles. The van der Waals surface area contributed by atoms with E-state index in [2.05, 4.69) is 226 Å². The topological polar surface area (TPSA) is 24.7 Å². The number of hydrogen-bond donors (Lipinski definition) is 0.